The summed E-state index contributed by atoms with van der Waals surface area (Å²) < 4.78 is 10.6. The van der Waals surface area contributed by atoms with Crippen LogP contribution < -0.4 is 0 Å². The average molecular weight is 249 g/mol. The Bertz CT molecular complexity index is 417. The Kier molecular flexibility index (Phi) is 4.28. The lowest BCUT2D eigenvalue weighted by Gasteiger charge is -2.34. The van der Waals surface area contributed by atoms with E-state index in [4.69, 9.17) is 14.7 Å². The molecule has 1 fully saturated rings. The summed E-state index contributed by atoms with van der Waals surface area (Å²) in [4.78, 5) is 0. The van der Waals surface area contributed by atoms with Gasteiger partial charge < -0.3 is 19.7 Å². The molecule has 0 spiro atoms. The molecule has 0 unspecified atom stereocenters. The standard InChI is InChI=1S/C13H15NO4/c14-6-10-8-18-13(12(16)11(10)15)17-7-9-4-2-1-3-5-9/h1-5,10-13,15-16H,7-8H2/t10-,11-,12+,13-/m1/s1. The van der Waals surface area contributed by atoms with Crippen LogP contribution in [0.4, 0.5) is 0 Å². The van der Waals surface area contributed by atoms with Gasteiger partial charge in [-0.1, -0.05) is 30.3 Å². The highest BCUT2D eigenvalue weighted by Crippen LogP contribution is 2.21. The molecule has 0 amide bonds. The van der Waals surface area contributed by atoms with Gasteiger partial charge in [-0.15, -0.1) is 0 Å². The lowest BCUT2D eigenvalue weighted by molar-refractivity contribution is -0.257. The smallest absolute Gasteiger partial charge is 0.186 e. The number of aliphatic hydroxyl groups is 2. The third-order valence-electron chi connectivity index (χ3n) is 2.90. The minimum Gasteiger partial charge on any atom is -0.389 e. The van der Waals surface area contributed by atoms with Gasteiger partial charge in [0.25, 0.3) is 0 Å². The summed E-state index contributed by atoms with van der Waals surface area (Å²) in [6.45, 7) is 0.348. The van der Waals surface area contributed by atoms with Gasteiger partial charge in [0, 0.05) is 0 Å². The van der Waals surface area contributed by atoms with Crippen LogP contribution in [0.2, 0.25) is 0 Å². The fourth-order valence-corrected chi connectivity index (χ4v) is 1.81. The van der Waals surface area contributed by atoms with Crippen LogP contribution in [-0.2, 0) is 16.1 Å². The van der Waals surface area contributed by atoms with Gasteiger partial charge >= 0.3 is 0 Å². The van der Waals surface area contributed by atoms with E-state index < -0.39 is 24.4 Å². The zero-order valence-electron chi connectivity index (χ0n) is 9.77. The molecule has 96 valence electrons. The fraction of sp³-hybridized carbons (Fsp3) is 0.462. The van der Waals surface area contributed by atoms with Gasteiger partial charge in [-0.05, 0) is 5.56 Å². The van der Waals surface area contributed by atoms with Crippen molar-refractivity contribution >= 4 is 0 Å². The third kappa shape index (κ3) is 2.86. The Balaban J connectivity index is 1.89. The van der Waals surface area contributed by atoms with Crippen LogP contribution in [0.1, 0.15) is 5.56 Å². The molecule has 18 heavy (non-hydrogen) atoms. The van der Waals surface area contributed by atoms with Gasteiger partial charge in [-0.25, -0.2) is 0 Å². The molecule has 1 aliphatic heterocycles. The molecule has 5 nitrogen and oxygen atoms in total. The highest BCUT2D eigenvalue weighted by atomic mass is 16.7. The molecule has 2 rings (SSSR count). The summed E-state index contributed by atoms with van der Waals surface area (Å²) in [5.74, 6) is -0.712. The van der Waals surface area contributed by atoms with E-state index in [2.05, 4.69) is 0 Å². The minimum absolute atomic E-state index is 0.0637. The number of ether oxygens (including phenoxy) is 2. The second-order valence-electron chi connectivity index (χ2n) is 4.22. The van der Waals surface area contributed by atoms with E-state index in [1.54, 1.807) is 0 Å². The highest BCUT2D eigenvalue weighted by molar-refractivity contribution is 5.13. The second kappa shape index (κ2) is 5.94. The monoisotopic (exact) mass is 249 g/mol. The van der Waals surface area contributed by atoms with E-state index in [0.29, 0.717) is 0 Å². The van der Waals surface area contributed by atoms with Crippen LogP contribution in [0.25, 0.3) is 0 Å². The molecule has 0 aromatic heterocycles. The van der Waals surface area contributed by atoms with E-state index in [1.807, 2.05) is 36.4 Å². The van der Waals surface area contributed by atoms with Crippen LogP contribution in [0, 0.1) is 17.2 Å². The van der Waals surface area contributed by atoms with Crippen molar-refractivity contribution in [1.82, 2.24) is 0 Å². The summed E-state index contributed by atoms with van der Waals surface area (Å²) in [5.41, 5.74) is 0.949. The Hall–Kier alpha value is -1.45. The lowest BCUT2D eigenvalue weighted by Crippen LogP contribution is -2.50. The van der Waals surface area contributed by atoms with Gasteiger partial charge in [0.1, 0.15) is 12.2 Å². The van der Waals surface area contributed by atoms with Crippen LogP contribution in [0.3, 0.4) is 0 Å². The Morgan fingerprint density at radius 3 is 2.67 bits per heavy atom. The van der Waals surface area contributed by atoms with Crippen molar-refractivity contribution in [2.45, 2.75) is 25.1 Å². The van der Waals surface area contributed by atoms with E-state index in [1.165, 1.54) is 0 Å². The first-order valence-corrected chi connectivity index (χ1v) is 5.75. The molecule has 1 aromatic rings. The van der Waals surface area contributed by atoms with Gasteiger partial charge in [0.05, 0.1) is 25.2 Å². The van der Waals surface area contributed by atoms with Crippen LogP contribution >= 0.6 is 0 Å². The molecule has 1 saturated heterocycles. The number of benzene rings is 1. The summed E-state index contributed by atoms with van der Waals surface area (Å²) in [6.07, 6.45) is -3.23. The van der Waals surface area contributed by atoms with Crippen LogP contribution in [0.5, 0.6) is 0 Å². The molecule has 1 aliphatic rings. The average Bonchev–Trinajstić information content (AvgIpc) is 2.42. The maximum atomic E-state index is 9.77. The van der Waals surface area contributed by atoms with Crippen LogP contribution in [0.15, 0.2) is 30.3 Å². The molecule has 5 heteroatoms. The first-order chi connectivity index (χ1) is 8.72. The Morgan fingerprint density at radius 1 is 1.28 bits per heavy atom. The fourth-order valence-electron chi connectivity index (χ4n) is 1.81. The summed E-state index contributed by atoms with van der Waals surface area (Å²) in [5, 5.41) is 28.2. The van der Waals surface area contributed by atoms with Crippen molar-refractivity contribution in [1.29, 1.82) is 5.26 Å². The quantitative estimate of drug-likeness (QED) is 0.811. The molecule has 0 aliphatic carbocycles. The van der Waals surface area contributed by atoms with E-state index in [0.717, 1.165) is 5.56 Å². The van der Waals surface area contributed by atoms with Crippen molar-refractivity contribution in [3.63, 3.8) is 0 Å². The third-order valence-corrected chi connectivity index (χ3v) is 2.90. The molecule has 2 N–H and O–H groups in total. The summed E-state index contributed by atoms with van der Waals surface area (Å²) in [7, 11) is 0. The van der Waals surface area contributed by atoms with Crippen molar-refractivity contribution in [2.75, 3.05) is 6.61 Å². The normalized spacial score (nSPS) is 31.8. The SMILES string of the molecule is N#C[C@@H]1CO[C@@H](OCc2ccccc2)[C@@H](O)[C@@H]1O. The van der Waals surface area contributed by atoms with Gasteiger partial charge in [0.15, 0.2) is 6.29 Å². The number of nitriles is 1. The van der Waals surface area contributed by atoms with Gasteiger partial charge in [-0.2, -0.15) is 5.26 Å². The zero-order chi connectivity index (χ0) is 13.0. The van der Waals surface area contributed by atoms with Crippen molar-refractivity contribution in [3.8, 4) is 6.07 Å². The molecular weight excluding hydrogens is 234 g/mol. The van der Waals surface area contributed by atoms with Crippen molar-refractivity contribution in [2.24, 2.45) is 5.92 Å². The van der Waals surface area contributed by atoms with Crippen molar-refractivity contribution < 1.29 is 19.7 Å². The topological polar surface area (TPSA) is 82.7 Å². The van der Waals surface area contributed by atoms with Crippen molar-refractivity contribution in [3.05, 3.63) is 35.9 Å². The van der Waals surface area contributed by atoms with E-state index in [-0.39, 0.29) is 13.2 Å². The number of aliphatic hydroxyl groups excluding tert-OH is 2. The minimum atomic E-state index is -1.20. The molecule has 0 radical (unpaired) electrons. The molecule has 1 heterocycles. The predicted octanol–water partition coefficient (Wildman–Crippen LogP) is 0.421. The molecule has 1 aromatic carbocycles. The first-order valence-electron chi connectivity index (χ1n) is 5.75. The number of hydrogen-bond donors (Lipinski definition) is 2. The molecular formula is C13H15NO4. The van der Waals surface area contributed by atoms with Crippen LogP contribution in [-0.4, -0.2) is 35.3 Å². The lowest BCUT2D eigenvalue weighted by atomic mass is 9.97. The van der Waals surface area contributed by atoms with E-state index in [9.17, 15) is 10.2 Å². The number of hydrogen-bond acceptors (Lipinski definition) is 5. The first kappa shape index (κ1) is 13.0. The summed E-state index contributed by atoms with van der Waals surface area (Å²) in [6, 6.07) is 11.3. The molecule has 0 bridgehead atoms. The van der Waals surface area contributed by atoms with E-state index >= 15 is 0 Å². The Labute approximate surface area is 105 Å². The molecule has 4 atom stereocenters. The largest absolute Gasteiger partial charge is 0.389 e. The number of rotatable bonds is 3. The molecule has 0 saturated carbocycles. The zero-order valence-corrected chi connectivity index (χ0v) is 9.77. The van der Waals surface area contributed by atoms with Gasteiger partial charge in [0.2, 0.25) is 0 Å². The van der Waals surface area contributed by atoms with Gasteiger partial charge in [-0.3, -0.25) is 0 Å². The highest BCUT2D eigenvalue weighted by Gasteiger charge is 2.39. The number of nitrogens with zero attached hydrogens (tertiary/aromatic N) is 1. The maximum Gasteiger partial charge on any atom is 0.186 e. The second-order valence-corrected chi connectivity index (χ2v) is 4.22. The maximum absolute atomic E-state index is 9.77. The predicted molar refractivity (Wildman–Crippen MR) is 62.1 cm³/mol. The summed E-state index contributed by atoms with van der Waals surface area (Å²) >= 11 is 0. The Morgan fingerprint density at radius 2 is 2.00 bits per heavy atom.